The highest BCUT2D eigenvalue weighted by molar-refractivity contribution is 5.90. The van der Waals surface area contributed by atoms with Crippen LogP contribution in [0.3, 0.4) is 0 Å². The van der Waals surface area contributed by atoms with Crippen molar-refractivity contribution in [2.45, 2.75) is 110 Å². The largest absolute Gasteiger partial charge is 0.544 e. The molecule has 5 heteroatoms. The highest BCUT2D eigenvalue weighted by Gasteiger charge is 2.37. The van der Waals surface area contributed by atoms with Crippen LogP contribution in [0.15, 0.2) is 29.5 Å². The number of amidine groups is 1. The van der Waals surface area contributed by atoms with Gasteiger partial charge >= 0.3 is 0 Å². The zero-order valence-electron chi connectivity index (χ0n) is 18.8. The molecule has 0 fully saturated rings. The van der Waals surface area contributed by atoms with E-state index in [2.05, 4.69) is 18.0 Å². The topological polar surface area (TPSA) is 78.5 Å². The third-order valence-corrected chi connectivity index (χ3v) is 5.82. The fraction of sp³-hybridized carbons (Fsp3) is 0.750. The van der Waals surface area contributed by atoms with Crippen LogP contribution in [-0.4, -0.2) is 29.0 Å². The monoisotopic (exact) mass is 405 g/mol. The maximum atomic E-state index is 11.1. The standard InChI is InChI=1S/C24H43N3O2/c1-3-4-5-6-7-8-9-10-11-12-13-14-15-16-17-18-23-26-19-20-27(23,22(2)25)21-24(28)29/h17-20,22H,3-16,21,25H2,1-2H3/b18-17+. The van der Waals surface area contributed by atoms with Crippen LogP contribution in [0.25, 0.3) is 0 Å². The fourth-order valence-electron chi connectivity index (χ4n) is 3.90. The van der Waals surface area contributed by atoms with Gasteiger partial charge in [-0.25, -0.2) is 4.48 Å². The molecule has 29 heavy (non-hydrogen) atoms. The van der Waals surface area contributed by atoms with Crippen LogP contribution < -0.4 is 10.8 Å². The fourth-order valence-corrected chi connectivity index (χ4v) is 3.90. The van der Waals surface area contributed by atoms with Gasteiger partial charge in [0.2, 0.25) is 5.84 Å². The molecule has 1 heterocycles. The zero-order valence-corrected chi connectivity index (χ0v) is 18.8. The molecule has 2 N–H and O–H groups in total. The molecule has 0 spiro atoms. The molecule has 2 atom stereocenters. The Kier molecular flexibility index (Phi) is 13.6. The van der Waals surface area contributed by atoms with E-state index in [1.54, 1.807) is 19.3 Å². The van der Waals surface area contributed by atoms with Gasteiger partial charge in [-0.1, -0.05) is 90.0 Å². The summed E-state index contributed by atoms with van der Waals surface area (Å²) in [6.07, 6.45) is 25.6. The van der Waals surface area contributed by atoms with E-state index < -0.39 is 5.97 Å². The maximum Gasteiger partial charge on any atom is 0.233 e. The average molecular weight is 406 g/mol. The Morgan fingerprint density at radius 3 is 2.03 bits per heavy atom. The number of carbonyl (C=O) groups excluding carboxylic acids is 1. The summed E-state index contributed by atoms with van der Waals surface area (Å²) < 4.78 is 0.0252. The van der Waals surface area contributed by atoms with Crippen molar-refractivity contribution in [2.75, 3.05) is 6.54 Å². The van der Waals surface area contributed by atoms with Gasteiger partial charge in [0, 0.05) is 13.0 Å². The van der Waals surface area contributed by atoms with Gasteiger partial charge in [0.1, 0.15) is 18.9 Å². The lowest BCUT2D eigenvalue weighted by molar-refractivity contribution is -0.805. The Labute approximate surface area is 178 Å². The first-order valence-corrected chi connectivity index (χ1v) is 11.8. The number of nitrogens with two attached hydrogens (primary N) is 1. The SMILES string of the molecule is CCCCCCCCCCCCCCC/C=C/C1=NC=C[N+]1(CC(=O)[O-])C(C)N. The minimum Gasteiger partial charge on any atom is -0.544 e. The van der Waals surface area contributed by atoms with E-state index in [0.29, 0.717) is 5.84 Å². The summed E-state index contributed by atoms with van der Waals surface area (Å²) in [7, 11) is 0. The summed E-state index contributed by atoms with van der Waals surface area (Å²) in [5.41, 5.74) is 6.04. The van der Waals surface area contributed by atoms with Crippen LogP contribution >= 0.6 is 0 Å². The molecule has 166 valence electrons. The average Bonchev–Trinajstić information content (AvgIpc) is 3.08. The third-order valence-electron chi connectivity index (χ3n) is 5.82. The van der Waals surface area contributed by atoms with Gasteiger partial charge < -0.3 is 9.90 Å². The van der Waals surface area contributed by atoms with Gasteiger partial charge in [0.25, 0.3) is 0 Å². The molecule has 0 aromatic heterocycles. The van der Waals surface area contributed by atoms with Gasteiger partial charge in [-0.2, -0.15) is 4.99 Å². The molecular formula is C24H43N3O2. The number of nitrogens with zero attached hydrogens (tertiary/aromatic N) is 2. The first-order valence-electron chi connectivity index (χ1n) is 11.8. The van der Waals surface area contributed by atoms with Crippen molar-refractivity contribution >= 4 is 11.8 Å². The summed E-state index contributed by atoms with van der Waals surface area (Å²) in [5.74, 6) is -0.440. The Morgan fingerprint density at radius 2 is 1.55 bits per heavy atom. The summed E-state index contributed by atoms with van der Waals surface area (Å²) in [4.78, 5) is 15.4. The molecule has 2 unspecified atom stereocenters. The molecule has 1 aliphatic heterocycles. The smallest absolute Gasteiger partial charge is 0.233 e. The van der Waals surface area contributed by atoms with E-state index in [1.165, 1.54) is 77.0 Å². The number of hydrogen-bond acceptors (Lipinski definition) is 4. The maximum absolute atomic E-state index is 11.1. The lowest BCUT2D eigenvalue weighted by atomic mass is 10.0. The van der Waals surface area contributed by atoms with Gasteiger partial charge in [0.15, 0.2) is 0 Å². The van der Waals surface area contributed by atoms with Crippen molar-refractivity contribution < 1.29 is 14.4 Å². The van der Waals surface area contributed by atoms with Crippen molar-refractivity contribution in [3.63, 3.8) is 0 Å². The second kappa shape index (κ2) is 15.4. The second-order valence-electron chi connectivity index (χ2n) is 8.42. The predicted octanol–water partition coefficient (Wildman–Crippen LogP) is 4.78. The lowest BCUT2D eigenvalue weighted by Gasteiger charge is -2.35. The van der Waals surface area contributed by atoms with Crippen molar-refractivity contribution in [1.82, 2.24) is 0 Å². The molecule has 5 nitrogen and oxygen atoms in total. The number of carboxylic acids is 1. The van der Waals surface area contributed by atoms with Gasteiger partial charge in [0.05, 0.1) is 12.2 Å². The van der Waals surface area contributed by atoms with Crippen LogP contribution in [0.4, 0.5) is 0 Å². The van der Waals surface area contributed by atoms with E-state index in [4.69, 9.17) is 5.73 Å². The molecule has 0 aliphatic carbocycles. The minimum absolute atomic E-state index is 0.0252. The Hall–Kier alpha value is -1.46. The molecule has 0 amide bonds. The van der Waals surface area contributed by atoms with Crippen molar-refractivity contribution in [3.8, 4) is 0 Å². The van der Waals surface area contributed by atoms with Crippen LogP contribution in [0.5, 0.6) is 0 Å². The Morgan fingerprint density at radius 1 is 1.03 bits per heavy atom. The van der Waals surface area contributed by atoms with Crippen molar-refractivity contribution in [2.24, 2.45) is 10.7 Å². The quantitative estimate of drug-likeness (QED) is 0.263. The van der Waals surface area contributed by atoms with Crippen LogP contribution in [0.1, 0.15) is 104 Å². The minimum atomic E-state index is -1.12. The predicted molar refractivity (Wildman–Crippen MR) is 120 cm³/mol. The number of aliphatic imine (C=N–C) groups is 1. The molecule has 1 rings (SSSR count). The highest BCUT2D eigenvalue weighted by Crippen LogP contribution is 2.20. The summed E-state index contributed by atoms with van der Waals surface area (Å²) >= 11 is 0. The highest BCUT2D eigenvalue weighted by atomic mass is 16.4. The lowest BCUT2D eigenvalue weighted by Crippen LogP contribution is -2.60. The Balaban J connectivity index is 2.07. The number of aliphatic carboxylic acids is 1. The second-order valence-corrected chi connectivity index (χ2v) is 8.42. The van der Waals surface area contributed by atoms with Crippen LogP contribution in [0, 0.1) is 0 Å². The number of carboxylic acid groups (broad SMARTS) is 1. The number of allylic oxidation sites excluding steroid dienone is 1. The van der Waals surface area contributed by atoms with Gasteiger partial charge in [-0.15, -0.1) is 0 Å². The first kappa shape index (κ1) is 25.6. The van der Waals surface area contributed by atoms with E-state index in [1.807, 2.05) is 6.08 Å². The van der Waals surface area contributed by atoms with Gasteiger partial charge in [-0.05, 0) is 12.8 Å². The van der Waals surface area contributed by atoms with Crippen LogP contribution in [0.2, 0.25) is 0 Å². The zero-order chi connectivity index (χ0) is 21.4. The molecule has 0 saturated carbocycles. The molecule has 0 radical (unpaired) electrons. The van der Waals surface area contributed by atoms with E-state index >= 15 is 0 Å². The molecule has 0 aromatic rings. The first-order chi connectivity index (χ1) is 14.0. The molecule has 1 aliphatic rings. The molecule has 0 saturated heterocycles. The molecule has 0 aromatic carbocycles. The van der Waals surface area contributed by atoms with Crippen molar-refractivity contribution in [1.29, 1.82) is 0 Å². The number of unbranched alkanes of at least 4 members (excludes halogenated alkanes) is 13. The number of rotatable bonds is 18. The number of carbonyl (C=O) groups is 1. The number of hydrogen-bond donors (Lipinski definition) is 1. The molecular weight excluding hydrogens is 362 g/mol. The van der Waals surface area contributed by atoms with Crippen LogP contribution in [-0.2, 0) is 4.79 Å². The van der Waals surface area contributed by atoms with E-state index in [9.17, 15) is 9.90 Å². The molecule has 0 bridgehead atoms. The van der Waals surface area contributed by atoms with Crippen molar-refractivity contribution in [3.05, 3.63) is 24.6 Å². The summed E-state index contributed by atoms with van der Waals surface area (Å²) in [6, 6.07) is 0. The summed E-state index contributed by atoms with van der Waals surface area (Å²) in [6.45, 7) is 3.88. The van der Waals surface area contributed by atoms with E-state index in [-0.39, 0.29) is 17.2 Å². The third kappa shape index (κ3) is 10.2. The van der Waals surface area contributed by atoms with E-state index in [0.717, 1.165) is 12.8 Å². The number of quaternary nitrogens is 1. The Bertz CT molecular complexity index is 540. The normalized spacial score (nSPS) is 19.8. The van der Waals surface area contributed by atoms with Gasteiger partial charge in [-0.3, -0.25) is 5.73 Å². The summed E-state index contributed by atoms with van der Waals surface area (Å²) in [5, 5.41) is 11.1.